The number of hydrogen-bond acceptors (Lipinski definition) is 10. The number of ether oxygens (including phenoxy) is 2. The van der Waals surface area contributed by atoms with Crippen molar-refractivity contribution in [2.45, 2.75) is 12.8 Å². The lowest BCUT2D eigenvalue weighted by molar-refractivity contribution is 0.122. The third-order valence-corrected chi connectivity index (χ3v) is 4.91. The molecule has 2 saturated heterocycles. The van der Waals surface area contributed by atoms with E-state index in [0.717, 1.165) is 39.0 Å². The summed E-state index contributed by atoms with van der Waals surface area (Å²) in [5.74, 6) is 2.05. The summed E-state index contributed by atoms with van der Waals surface area (Å²) in [6.45, 7) is 4.66. The molecule has 1 aromatic heterocycles. The van der Waals surface area contributed by atoms with Crippen LogP contribution in [-0.4, -0.2) is 72.8 Å². The molecule has 0 aliphatic carbocycles. The molecule has 154 valence electrons. The first-order valence-electron chi connectivity index (χ1n) is 9.73. The van der Waals surface area contributed by atoms with Gasteiger partial charge in [0.1, 0.15) is 0 Å². The molecule has 0 bridgehead atoms. The van der Waals surface area contributed by atoms with Crippen LogP contribution in [0.3, 0.4) is 0 Å². The summed E-state index contributed by atoms with van der Waals surface area (Å²) in [5.41, 5.74) is 3.40. The van der Waals surface area contributed by atoms with Gasteiger partial charge in [-0.1, -0.05) is 6.07 Å². The molecular weight excluding hydrogens is 374 g/mol. The van der Waals surface area contributed by atoms with E-state index in [1.54, 1.807) is 18.2 Å². The molecule has 2 aliphatic rings. The Bertz CT molecular complexity index is 865. The zero-order chi connectivity index (χ0) is 20.1. The van der Waals surface area contributed by atoms with Gasteiger partial charge in [0, 0.05) is 31.7 Å². The van der Waals surface area contributed by atoms with Crippen LogP contribution in [0.4, 0.5) is 17.8 Å². The number of aromatic hydroxyl groups is 1. The largest absolute Gasteiger partial charge is 0.504 e. The highest BCUT2D eigenvalue weighted by atomic mass is 16.5. The molecule has 10 heteroatoms. The van der Waals surface area contributed by atoms with E-state index >= 15 is 0 Å². The number of phenolic OH excluding ortho intramolecular Hbond substituents is 1. The number of aromatic nitrogens is 3. The molecule has 0 saturated carbocycles. The summed E-state index contributed by atoms with van der Waals surface area (Å²) >= 11 is 0. The molecule has 1 aromatic carbocycles. The second-order valence-electron chi connectivity index (χ2n) is 6.82. The Labute approximate surface area is 169 Å². The monoisotopic (exact) mass is 399 g/mol. The minimum atomic E-state index is 0.0305. The molecule has 0 unspecified atom stereocenters. The first-order valence-corrected chi connectivity index (χ1v) is 9.73. The fourth-order valence-electron chi connectivity index (χ4n) is 3.33. The molecule has 29 heavy (non-hydrogen) atoms. The van der Waals surface area contributed by atoms with Crippen molar-refractivity contribution in [3.05, 3.63) is 23.8 Å². The SMILES string of the molecule is COc1cccc(/C=N/Nc2nc(N3CCCC3)nc(N3CCOCC3)n2)c1O. The van der Waals surface area contributed by atoms with Crippen molar-refractivity contribution < 1.29 is 14.6 Å². The van der Waals surface area contributed by atoms with Crippen molar-refractivity contribution in [2.24, 2.45) is 5.10 Å². The Hall–Kier alpha value is -3.14. The molecule has 3 heterocycles. The molecule has 2 fully saturated rings. The van der Waals surface area contributed by atoms with E-state index in [0.29, 0.717) is 42.4 Å². The fourth-order valence-corrected chi connectivity index (χ4v) is 3.33. The van der Waals surface area contributed by atoms with Gasteiger partial charge in [-0.2, -0.15) is 20.1 Å². The maximum Gasteiger partial charge on any atom is 0.250 e. The highest BCUT2D eigenvalue weighted by molar-refractivity contribution is 5.85. The van der Waals surface area contributed by atoms with Crippen LogP contribution < -0.4 is 20.0 Å². The van der Waals surface area contributed by atoms with E-state index in [9.17, 15) is 5.11 Å². The topological polar surface area (TPSA) is 108 Å². The first-order chi connectivity index (χ1) is 14.2. The van der Waals surface area contributed by atoms with Crippen molar-refractivity contribution in [2.75, 3.05) is 61.7 Å². The van der Waals surface area contributed by atoms with Gasteiger partial charge in [0.2, 0.25) is 17.8 Å². The second-order valence-corrected chi connectivity index (χ2v) is 6.82. The summed E-state index contributed by atoms with van der Waals surface area (Å²) in [4.78, 5) is 18.0. The molecule has 0 atom stereocenters. The van der Waals surface area contributed by atoms with Crippen LogP contribution in [0.1, 0.15) is 18.4 Å². The third kappa shape index (κ3) is 4.48. The molecule has 0 amide bonds. The zero-order valence-electron chi connectivity index (χ0n) is 16.4. The van der Waals surface area contributed by atoms with Gasteiger partial charge in [-0.05, 0) is 25.0 Å². The lowest BCUT2D eigenvalue weighted by Crippen LogP contribution is -2.38. The molecule has 0 spiro atoms. The number of rotatable bonds is 6. The summed E-state index contributed by atoms with van der Waals surface area (Å²) in [5, 5.41) is 14.4. The maximum absolute atomic E-state index is 10.2. The van der Waals surface area contributed by atoms with Gasteiger partial charge in [-0.3, -0.25) is 0 Å². The Morgan fingerprint density at radius 2 is 1.76 bits per heavy atom. The first kappa shape index (κ1) is 19.2. The Morgan fingerprint density at radius 1 is 1.07 bits per heavy atom. The lowest BCUT2D eigenvalue weighted by Gasteiger charge is -2.27. The number of nitrogens with one attached hydrogen (secondary N) is 1. The van der Waals surface area contributed by atoms with Crippen molar-refractivity contribution in [3.63, 3.8) is 0 Å². The van der Waals surface area contributed by atoms with Crippen molar-refractivity contribution >= 4 is 24.1 Å². The molecular formula is C19H25N7O3. The summed E-state index contributed by atoms with van der Waals surface area (Å²) in [7, 11) is 1.51. The number of benzene rings is 1. The van der Waals surface area contributed by atoms with Crippen LogP contribution in [0.25, 0.3) is 0 Å². The molecule has 2 N–H and O–H groups in total. The molecule has 2 aromatic rings. The minimum absolute atomic E-state index is 0.0305. The number of hydrazone groups is 1. The lowest BCUT2D eigenvalue weighted by atomic mass is 10.2. The Balaban J connectivity index is 1.56. The molecule has 10 nitrogen and oxygen atoms in total. The summed E-state index contributed by atoms with van der Waals surface area (Å²) in [6.07, 6.45) is 3.77. The predicted molar refractivity (Wildman–Crippen MR) is 110 cm³/mol. The third-order valence-electron chi connectivity index (χ3n) is 4.91. The van der Waals surface area contributed by atoms with E-state index < -0.39 is 0 Å². The number of nitrogens with zero attached hydrogens (tertiary/aromatic N) is 6. The van der Waals surface area contributed by atoms with Crippen molar-refractivity contribution in [1.82, 2.24) is 15.0 Å². The van der Waals surface area contributed by atoms with Crippen LogP contribution in [0, 0.1) is 0 Å². The zero-order valence-corrected chi connectivity index (χ0v) is 16.4. The van der Waals surface area contributed by atoms with Gasteiger partial charge in [-0.25, -0.2) is 5.43 Å². The van der Waals surface area contributed by atoms with Gasteiger partial charge >= 0.3 is 0 Å². The molecule has 0 radical (unpaired) electrons. The van der Waals surface area contributed by atoms with E-state index in [-0.39, 0.29) is 5.75 Å². The maximum atomic E-state index is 10.2. The number of para-hydroxylation sites is 1. The van der Waals surface area contributed by atoms with Crippen LogP contribution in [0.15, 0.2) is 23.3 Å². The minimum Gasteiger partial charge on any atom is -0.504 e. The van der Waals surface area contributed by atoms with Crippen LogP contribution in [-0.2, 0) is 4.74 Å². The van der Waals surface area contributed by atoms with E-state index in [2.05, 4.69) is 35.3 Å². The Kier molecular flexibility index (Phi) is 5.89. The van der Waals surface area contributed by atoms with Crippen LogP contribution in [0.2, 0.25) is 0 Å². The second kappa shape index (κ2) is 8.91. The quantitative estimate of drug-likeness (QED) is 0.551. The van der Waals surface area contributed by atoms with Gasteiger partial charge in [0.25, 0.3) is 0 Å². The smallest absolute Gasteiger partial charge is 0.250 e. The van der Waals surface area contributed by atoms with Gasteiger partial charge in [0.15, 0.2) is 11.5 Å². The number of morpholine rings is 1. The standard InChI is InChI=1S/C19H25N7O3/c1-28-15-6-4-5-14(16(15)27)13-20-24-17-21-18(25-7-2-3-8-25)23-19(22-17)26-9-11-29-12-10-26/h4-6,13,27H,2-3,7-12H2,1H3,(H,21,22,23,24)/b20-13+. The highest BCUT2D eigenvalue weighted by Gasteiger charge is 2.21. The van der Waals surface area contributed by atoms with E-state index in [4.69, 9.17) is 9.47 Å². The number of hydrogen-bond donors (Lipinski definition) is 2. The highest BCUT2D eigenvalue weighted by Crippen LogP contribution is 2.28. The van der Waals surface area contributed by atoms with E-state index in [1.165, 1.54) is 13.3 Å². The van der Waals surface area contributed by atoms with Crippen LogP contribution in [0.5, 0.6) is 11.5 Å². The van der Waals surface area contributed by atoms with E-state index in [1.807, 2.05) is 0 Å². The average molecular weight is 399 g/mol. The van der Waals surface area contributed by atoms with Crippen LogP contribution >= 0.6 is 0 Å². The van der Waals surface area contributed by atoms with Crippen molar-refractivity contribution in [3.8, 4) is 11.5 Å². The molecule has 4 rings (SSSR count). The fraction of sp³-hybridized carbons (Fsp3) is 0.474. The van der Waals surface area contributed by atoms with Crippen molar-refractivity contribution in [1.29, 1.82) is 0 Å². The number of phenols is 1. The number of anilines is 3. The average Bonchev–Trinajstić information content (AvgIpc) is 3.30. The summed E-state index contributed by atoms with van der Waals surface area (Å²) in [6, 6.07) is 5.21. The predicted octanol–water partition coefficient (Wildman–Crippen LogP) is 1.47. The number of methoxy groups -OCH3 is 1. The summed E-state index contributed by atoms with van der Waals surface area (Å²) < 4.78 is 10.5. The van der Waals surface area contributed by atoms with Gasteiger partial charge in [0.05, 0.1) is 26.5 Å². The Morgan fingerprint density at radius 3 is 2.45 bits per heavy atom. The molecule has 2 aliphatic heterocycles. The van der Waals surface area contributed by atoms with Gasteiger partial charge < -0.3 is 24.4 Å². The van der Waals surface area contributed by atoms with Gasteiger partial charge in [-0.15, -0.1) is 0 Å². The normalized spacial score (nSPS) is 17.1.